The molecule has 0 spiro atoms. The molecule has 0 aliphatic rings. The number of fused-ring (bicyclic) bond motifs is 1. The van der Waals surface area contributed by atoms with Gasteiger partial charge in [-0.05, 0) is 48.4 Å². The molecule has 0 bridgehead atoms. The molecule has 8 heteroatoms. The zero-order valence-electron chi connectivity index (χ0n) is 17.4. The predicted molar refractivity (Wildman–Crippen MR) is 119 cm³/mol. The Bertz CT molecular complexity index is 1070. The van der Waals surface area contributed by atoms with Gasteiger partial charge in [-0.25, -0.2) is 5.43 Å². The van der Waals surface area contributed by atoms with Crippen molar-refractivity contribution < 1.29 is 19.4 Å². The van der Waals surface area contributed by atoms with Gasteiger partial charge in [-0.1, -0.05) is 12.1 Å². The number of amides is 2. The summed E-state index contributed by atoms with van der Waals surface area (Å²) >= 11 is 0. The molecule has 31 heavy (non-hydrogen) atoms. The average Bonchev–Trinajstić information content (AvgIpc) is 3.20. The second-order valence-electron chi connectivity index (χ2n) is 6.94. The first kappa shape index (κ1) is 22.0. The highest BCUT2D eigenvalue weighted by atomic mass is 16.5. The molecule has 2 amide bonds. The van der Waals surface area contributed by atoms with Crippen LogP contribution in [0.15, 0.2) is 59.8 Å². The maximum Gasteiger partial charge on any atom is 0.271 e. The second-order valence-corrected chi connectivity index (χ2v) is 6.94. The van der Waals surface area contributed by atoms with Gasteiger partial charge in [0.15, 0.2) is 0 Å². The SMILES string of the molecule is COc1cccc(/C=N/NC(=O)c2ccc3c(ccn3CCCC(=O)NCCO)c2)c1. The summed E-state index contributed by atoms with van der Waals surface area (Å²) in [4.78, 5) is 24.1. The average molecular weight is 422 g/mol. The van der Waals surface area contributed by atoms with Gasteiger partial charge in [-0.2, -0.15) is 5.10 Å². The summed E-state index contributed by atoms with van der Waals surface area (Å²) in [7, 11) is 1.59. The quantitative estimate of drug-likeness (QED) is 0.344. The van der Waals surface area contributed by atoms with Gasteiger partial charge in [0.2, 0.25) is 5.91 Å². The van der Waals surface area contributed by atoms with Crippen LogP contribution in [-0.4, -0.2) is 48.0 Å². The van der Waals surface area contributed by atoms with Crippen molar-refractivity contribution in [3.63, 3.8) is 0 Å². The molecule has 162 valence electrons. The predicted octanol–water partition coefficient (Wildman–Crippen LogP) is 2.30. The topological polar surface area (TPSA) is 105 Å². The van der Waals surface area contributed by atoms with Crippen LogP contribution in [0.5, 0.6) is 5.75 Å². The molecule has 8 nitrogen and oxygen atoms in total. The zero-order chi connectivity index (χ0) is 22.1. The number of carbonyl (C=O) groups is 2. The van der Waals surface area contributed by atoms with Gasteiger partial charge in [0.1, 0.15) is 5.75 Å². The summed E-state index contributed by atoms with van der Waals surface area (Å²) in [5.41, 5.74) is 4.86. The molecule has 2 aromatic carbocycles. The third kappa shape index (κ3) is 6.16. The molecule has 1 heterocycles. The van der Waals surface area contributed by atoms with Crippen LogP contribution >= 0.6 is 0 Å². The number of nitrogens with zero attached hydrogens (tertiary/aromatic N) is 2. The third-order valence-corrected chi connectivity index (χ3v) is 4.74. The number of methoxy groups -OCH3 is 1. The van der Waals surface area contributed by atoms with Crippen molar-refractivity contribution in [3.8, 4) is 5.75 Å². The van der Waals surface area contributed by atoms with Gasteiger partial charge < -0.3 is 19.7 Å². The Kier molecular flexibility index (Phi) is 7.78. The van der Waals surface area contributed by atoms with E-state index in [2.05, 4.69) is 20.4 Å². The van der Waals surface area contributed by atoms with Crippen LogP contribution in [0.1, 0.15) is 28.8 Å². The lowest BCUT2D eigenvalue weighted by Crippen LogP contribution is -2.26. The van der Waals surface area contributed by atoms with Gasteiger partial charge in [-0.15, -0.1) is 0 Å². The Morgan fingerprint density at radius 3 is 2.87 bits per heavy atom. The molecule has 3 aromatic rings. The molecule has 3 N–H and O–H groups in total. The highest BCUT2D eigenvalue weighted by molar-refractivity contribution is 5.98. The monoisotopic (exact) mass is 422 g/mol. The first-order valence-electron chi connectivity index (χ1n) is 10.0. The lowest BCUT2D eigenvalue weighted by atomic mass is 10.1. The number of hydrogen-bond acceptors (Lipinski definition) is 5. The summed E-state index contributed by atoms with van der Waals surface area (Å²) in [5.74, 6) is 0.351. The normalized spacial score (nSPS) is 11.0. The molecule has 0 aliphatic heterocycles. The summed E-state index contributed by atoms with van der Waals surface area (Å²) in [5, 5.41) is 16.3. The summed E-state index contributed by atoms with van der Waals surface area (Å²) < 4.78 is 7.22. The van der Waals surface area contributed by atoms with Crippen molar-refractivity contribution >= 4 is 28.9 Å². The van der Waals surface area contributed by atoms with Crippen molar-refractivity contribution in [2.24, 2.45) is 5.10 Å². The molecule has 0 unspecified atom stereocenters. The summed E-state index contributed by atoms with van der Waals surface area (Å²) in [6.07, 6.45) is 4.58. The molecule has 3 rings (SSSR count). The van der Waals surface area contributed by atoms with Crippen LogP contribution in [0.25, 0.3) is 10.9 Å². The molecule has 1 aromatic heterocycles. The number of aromatic nitrogens is 1. The first-order valence-corrected chi connectivity index (χ1v) is 10.0. The van der Waals surface area contributed by atoms with Crippen molar-refractivity contribution in [2.45, 2.75) is 19.4 Å². The van der Waals surface area contributed by atoms with E-state index < -0.39 is 0 Å². The molecule has 0 atom stereocenters. The lowest BCUT2D eigenvalue weighted by Gasteiger charge is -2.07. The fourth-order valence-electron chi connectivity index (χ4n) is 3.18. The number of aliphatic hydroxyl groups excluding tert-OH is 1. The number of carbonyl (C=O) groups excluding carboxylic acids is 2. The smallest absolute Gasteiger partial charge is 0.271 e. The summed E-state index contributed by atoms with van der Waals surface area (Å²) in [6, 6.07) is 14.8. The maximum absolute atomic E-state index is 12.4. The van der Waals surface area contributed by atoms with E-state index in [0.29, 0.717) is 24.9 Å². The van der Waals surface area contributed by atoms with E-state index in [1.54, 1.807) is 19.4 Å². The van der Waals surface area contributed by atoms with E-state index in [-0.39, 0.29) is 25.0 Å². The Morgan fingerprint density at radius 1 is 1.19 bits per heavy atom. The van der Waals surface area contributed by atoms with Gasteiger partial charge in [-0.3, -0.25) is 9.59 Å². The van der Waals surface area contributed by atoms with E-state index in [1.165, 1.54) is 0 Å². The molecule has 0 aliphatic carbocycles. The highest BCUT2D eigenvalue weighted by Gasteiger charge is 2.08. The van der Waals surface area contributed by atoms with Crippen molar-refractivity contribution in [1.29, 1.82) is 0 Å². The number of nitrogens with one attached hydrogen (secondary N) is 2. The number of hydrogen-bond donors (Lipinski definition) is 3. The number of benzene rings is 2. The van der Waals surface area contributed by atoms with Crippen LogP contribution in [0, 0.1) is 0 Å². The molecular weight excluding hydrogens is 396 g/mol. The van der Waals surface area contributed by atoms with Crippen LogP contribution in [0.2, 0.25) is 0 Å². The molecule has 0 radical (unpaired) electrons. The Hall–Kier alpha value is -3.65. The number of hydrazone groups is 1. The molecular formula is C23H26N4O4. The van der Waals surface area contributed by atoms with Crippen LogP contribution in [0.4, 0.5) is 0 Å². The lowest BCUT2D eigenvalue weighted by molar-refractivity contribution is -0.121. The number of rotatable bonds is 10. The third-order valence-electron chi connectivity index (χ3n) is 4.74. The largest absolute Gasteiger partial charge is 0.497 e. The van der Waals surface area contributed by atoms with Gasteiger partial charge >= 0.3 is 0 Å². The Balaban J connectivity index is 1.57. The molecule has 0 fully saturated rings. The van der Waals surface area contributed by atoms with E-state index in [0.717, 1.165) is 22.2 Å². The van der Waals surface area contributed by atoms with E-state index in [4.69, 9.17) is 9.84 Å². The Morgan fingerprint density at radius 2 is 2.06 bits per heavy atom. The fraction of sp³-hybridized carbons (Fsp3) is 0.261. The van der Waals surface area contributed by atoms with Crippen LogP contribution in [0.3, 0.4) is 0 Å². The zero-order valence-corrected chi connectivity index (χ0v) is 17.4. The first-order chi connectivity index (χ1) is 15.1. The fourth-order valence-corrected chi connectivity index (χ4v) is 3.18. The summed E-state index contributed by atoms with van der Waals surface area (Å²) in [6.45, 7) is 0.905. The van der Waals surface area contributed by atoms with Crippen molar-refractivity contribution in [1.82, 2.24) is 15.3 Å². The second kappa shape index (κ2) is 10.9. The standard InChI is InChI=1S/C23H26N4O4/c1-31-20-5-2-4-17(14-20)16-25-26-23(30)19-7-8-21-18(15-19)9-12-27(21)11-3-6-22(29)24-10-13-28/h2,4-5,7-9,12,14-16,28H,3,6,10-11,13H2,1H3,(H,24,29)(H,26,30)/b25-16+. The minimum atomic E-state index is -0.297. The minimum Gasteiger partial charge on any atom is -0.497 e. The van der Waals surface area contributed by atoms with E-state index in [9.17, 15) is 9.59 Å². The number of ether oxygens (including phenoxy) is 1. The number of aryl methyl sites for hydroxylation is 1. The number of aliphatic hydroxyl groups is 1. The van der Waals surface area contributed by atoms with Gasteiger partial charge in [0, 0.05) is 42.2 Å². The minimum absolute atomic E-state index is 0.0593. The molecule has 0 saturated carbocycles. The maximum atomic E-state index is 12.4. The van der Waals surface area contributed by atoms with Crippen molar-refractivity contribution in [3.05, 3.63) is 65.9 Å². The van der Waals surface area contributed by atoms with Gasteiger partial charge in [0.05, 0.1) is 19.9 Å². The van der Waals surface area contributed by atoms with E-state index >= 15 is 0 Å². The van der Waals surface area contributed by atoms with E-state index in [1.807, 2.05) is 48.7 Å². The highest BCUT2D eigenvalue weighted by Crippen LogP contribution is 2.18. The van der Waals surface area contributed by atoms with Crippen molar-refractivity contribution in [2.75, 3.05) is 20.3 Å². The Labute approximate surface area is 180 Å². The van der Waals surface area contributed by atoms with Crippen LogP contribution < -0.4 is 15.5 Å². The van der Waals surface area contributed by atoms with Gasteiger partial charge in [0.25, 0.3) is 5.91 Å². The van der Waals surface area contributed by atoms with Crippen LogP contribution in [-0.2, 0) is 11.3 Å². The molecule has 0 saturated heterocycles.